The summed E-state index contributed by atoms with van der Waals surface area (Å²) in [6.45, 7) is 1.84. The second-order valence-corrected chi connectivity index (χ2v) is 7.09. The van der Waals surface area contributed by atoms with E-state index < -0.39 is 14.9 Å². The van der Waals surface area contributed by atoms with Crippen molar-refractivity contribution in [3.05, 3.63) is 63.4 Å². The molecule has 0 amide bonds. The van der Waals surface area contributed by atoms with E-state index in [1.54, 1.807) is 12.1 Å². The van der Waals surface area contributed by atoms with Gasteiger partial charge < -0.3 is 0 Å². The van der Waals surface area contributed by atoms with E-state index in [1.807, 2.05) is 6.92 Å². The van der Waals surface area contributed by atoms with Crippen LogP contribution in [0.1, 0.15) is 5.56 Å². The zero-order valence-corrected chi connectivity index (χ0v) is 13.4. The van der Waals surface area contributed by atoms with Crippen molar-refractivity contribution in [1.29, 1.82) is 0 Å². The van der Waals surface area contributed by atoms with Gasteiger partial charge >= 0.3 is 0 Å². The Hall–Kier alpha value is -2.45. The van der Waals surface area contributed by atoms with Crippen LogP contribution < -0.4 is 0 Å². The molecule has 2 heterocycles. The van der Waals surface area contributed by atoms with Crippen LogP contribution in [0.25, 0.3) is 11.0 Å². The fraction of sp³-hybridized carbons (Fsp3) is 0.0714. The summed E-state index contributed by atoms with van der Waals surface area (Å²) < 4.78 is 26.3. The van der Waals surface area contributed by atoms with Crippen molar-refractivity contribution in [2.24, 2.45) is 0 Å². The molecular formula is C14H10ClN3O4S. The Morgan fingerprint density at radius 2 is 1.87 bits per heavy atom. The van der Waals surface area contributed by atoms with Gasteiger partial charge in [-0.15, -0.1) is 0 Å². The molecule has 0 fully saturated rings. The quantitative estimate of drug-likeness (QED) is 0.410. The molecular weight excluding hydrogens is 342 g/mol. The Kier molecular flexibility index (Phi) is 3.57. The van der Waals surface area contributed by atoms with Crippen LogP contribution in [0.4, 0.5) is 5.69 Å². The van der Waals surface area contributed by atoms with E-state index in [9.17, 15) is 18.5 Å². The molecule has 0 radical (unpaired) electrons. The fourth-order valence-corrected chi connectivity index (χ4v) is 3.69. The Morgan fingerprint density at radius 1 is 1.22 bits per heavy atom. The van der Waals surface area contributed by atoms with Crippen LogP contribution in [0.3, 0.4) is 0 Å². The molecule has 0 aliphatic heterocycles. The fourth-order valence-electron chi connectivity index (χ4n) is 2.21. The third kappa shape index (κ3) is 2.55. The average Bonchev–Trinajstić information content (AvgIpc) is 2.90. The number of halogens is 1. The molecule has 2 aromatic heterocycles. The van der Waals surface area contributed by atoms with Crippen LogP contribution in [0.2, 0.25) is 5.15 Å². The van der Waals surface area contributed by atoms with Gasteiger partial charge in [-0.25, -0.2) is 17.4 Å². The third-order valence-corrected chi connectivity index (χ3v) is 5.22. The lowest BCUT2D eigenvalue weighted by Crippen LogP contribution is -2.12. The molecule has 0 bridgehead atoms. The second-order valence-electron chi connectivity index (χ2n) is 4.89. The van der Waals surface area contributed by atoms with E-state index in [1.165, 1.54) is 24.4 Å². The van der Waals surface area contributed by atoms with E-state index >= 15 is 0 Å². The van der Waals surface area contributed by atoms with Crippen LogP contribution in [0.15, 0.2) is 47.5 Å². The Morgan fingerprint density at radius 3 is 2.48 bits per heavy atom. The summed E-state index contributed by atoms with van der Waals surface area (Å²) in [5, 5.41) is 11.1. The SMILES string of the molecule is Cc1ccc(S(=O)(=O)n2ccc3c([N+](=O)[O-])cc(Cl)nc32)cc1. The molecule has 0 atom stereocenters. The van der Waals surface area contributed by atoms with Crippen molar-refractivity contribution in [1.82, 2.24) is 8.96 Å². The van der Waals surface area contributed by atoms with Crippen LogP contribution >= 0.6 is 11.6 Å². The van der Waals surface area contributed by atoms with Gasteiger partial charge in [0.25, 0.3) is 15.7 Å². The molecule has 9 heteroatoms. The van der Waals surface area contributed by atoms with Crippen LogP contribution in [0, 0.1) is 17.0 Å². The minimum Gasteiger partial charge on any atom is -0.258 e. The van der Waals surface area contributed by atoms with Gasteiger partial charge in [0.05, 0.1) is 21.3 Å². The normalized spacial score (nSPS) is 11.7. The van der Waals surface area contributed by atoms with Gasteiger partial charge in [0.1, 0.15) is 5.15 Å². The first-order valence-electron chi connectivity index (χ1n) is 6.45. The van der Waals surface area contributed by atoms with Crippen molar-refractivity contribution >= 4 is 38.3 Å². The average molecular weight is 352 g/mol. The molecule has 0 saturated heterocycles. The predicted octanol–water partition coefficient (Wildman–Crippen LogP) is 3.14. The molecule has 0 unspecified atom stereocenters. The van der Waals surface area contributed by atoms with Crippen molar-refractivity contribution in [2.75, 3.05) is 0 Å². The van der Waals surface area contributed by atoms with Crippen molar-refractivity contribution in [2.45, 2.75) is 11.8 Å². The van der Waals surface area contributed by atoms with Crippen molar-refractivity contribution in [3.63, 3.8) is 0 Å². The molecule has 0 N–H and O–H groups in total. The molecule has 0 aliphatic carbocycles. The predicted molar refractivity (Wildman–Crippen MR) is 85.2 cm³/mol. The van der Waals surface area contributed by atoms with Crippen molar-refractivity contribution in [3.8, 4) is 0 Å². The number of hydrogen-bond donors (Lipinski definition) is 0. The molecule has 0 spiro atoms. The summed E-state index contributed by atoms with van der Waals surface area (Å²) in [5.74, 6) is 0. The number of aromatic nitrogens is 2. The lowest BCUT2D eigenvalue weighted by Gasteiger charge is -2.07. The van der Waals surface area contributed by atoms with Gasteiger partial charge in [-0.3, -0.25) is 10.1 Å². The topological polar surface area (TPSA) is 95.1 Å². The number of fused-ring (bicyclic) bond motifs is 1. The molecule has 118 valence electrons. The number of benzene rings is 1. The highest BCUT2D eigenvalue weighted by Crippen LogP contribution is 2.30. The highest BCUT2D eigenvalue weighted by atomic mass is 35.5. The molecule has 1 aromatic carbocycles. The maximum absolute atomic E-state index is 12.7. The summed E-state index contributed by atoms with van der Waals surface area (Å²) >= 11 is 5.79. The summed E-state index contributed by atoms with van der Waals surface area (Å²) in [7, 11) is -3.93. The number of hydrogen-bond acceptors (Lipinski definition) is 5. The lowest BCUT2D eigenvalue weighted by atomic mass is 10.2. The zero-order valence-electron chi connectivity index (χ0n) is 11.8. The molecule has 23 heavy (non-hydrogen) atoms. The van der Waals surface area contributed by atoms with Crippen LogP contribution in [-0.2, 0) is 10.0 Å². The van der Waals surface area contributed by atoms with Gasteiger partial charge in [0, 0.05) is 6.20 Å². The summed E-state index contributed by atoms with van der Waals surface area (Å²) in [6.07, 6.45) is 1.23. The third-order valence-electron chi connectivity index (χ3n) is 3.35. The minimum atomic E-state index is -3.93. The first-order valence-corrected chi connectivity index (χ1v) is 8.27. The number of rotatable bonds is 3. The monoisotopic (exact) mass is 351 g/mol. The lowest BCUT2D eigenvalue weighted by molar-refractivity contribution is -0.383. The van der Waals surface area contributed by atoms with Gasteiger partial charge in [0.2, 0.25) is 0 Å². The van der Waals surface area contributed by atoms with E-state index in [0.29, 0.717) is 0 Å². The summed E-state index contributed by atoms with van der Waals surface area (Å²) in [4.78, 5) is 14.5. The molecule has 0 saturated carbocycles. The first-order chi connectivity index (χ1) is 10.8. The number of nitrogens with zero attached hydrogens (tertiary/aromatic N) is 3. The highest BCUT2D eigenvalue weighted by molar-refractivity contribution is 7.90. The number of nitro groups is 1. The highest BCUT2D eigenvalue weighted by Gasteiger charge is 2.24. The van der Waals surface area contributed by atoms with E-state index in [2.05, 4.69) is 4.98 Å². The maximum Gasteiger partial charge on any atom is 0.283 e. The number of pyridine rings is 1. The Labute approximate surface area is 136 Å². The van der Waals surface area contributed by atoms with E-state index in [4.69, 9.17) is 11.6 Å². The molecule has 0 aliphatic rings. The van der Waals surface area contributed by atoms with Gasteiger partial charge in [-0.1, -0.05) is 29.3 Å². The maximum atomic E-state index is 12.7. The minimum absolute atomic E-state index is 0.0602. The smallest absolute Gasteiger partial charge is 0.258 e. The molecule has 3 aromatic rings. The standard InChI is InChI=1S/C14H10ClN3O4S/c1-9-2-4-10(5-3-9)23(21,22)17-7-6-11-12(18(19)20)8-13(15)16-14(11)17/h2-8H,1H3. The largest absolute Gasteiger partial charge is 0.283 e. The van der Waals surface area contributed by atoms with Crippen LogP contribution in [0.5, 0.6) is 0 Å². The van der Waals surface area contributed by atoms with Gasteiger partial charge in [0.15, 0.2) is 5.65 Å². The van der Waals surface area contributed by atoms with E-state index in [-0.39, 0.29) is 26.8 Å². The molecule has 7 nitrogen and oxygen atoms in total. The molecule has 3 rings (SSSR count). The second kappa shape index (κ2) is 5.32. The summed E-state index contributed by atoms with van der Waals surface area (Å²) in [6, 6.07) is 8.70. The van der Waals surface area contributed by atoms with Crippen LogP contribution in [-0.4, -0.2) is 22.3 Å². The Balaban J connectivity index is 2.28. The first kappa shape index (κ1) is 15.4. The Bertz CT molecular complexity index is 1030. The van der Waals surface area contributed by atoms with Crippen molar-refractivity contribution < 1.29 is 13.3 Å². The van der Waals surface area contributed by atoms with Gasteiger partial charge in [-0.05, 0) is 25.1 Å². The van der Waals surface area contributed by atoms with Gasteiger partial charge in [-0.2, -0.15) is 0 Å². The zero-order chi connectivity index (χ0) is 16.8. The summed E-state index contributed by atoms with van der Waals surface area (Å²) in [5.41, 5.74) is 0.542. The van der Waals surface area contributed by atoms with E-state index in [0.717, 1.165) is 15.6 Å². The number of aryl methyl sites for hydroxylation is 1.